The van der Waals surface area contributed by atoms with E-state index in [1.54, 1.807) is 6.07 Å². The van der Waals surface area contributed by atoms with E-state index in [0.29, 0.717) is 17.7 Å². The van der Waals surface area contributed by atoms with Crippen LogP contribution in [0.3, 0.4) is 0 Å². The minimum absolute atomic E-state index is 0.248. The lowest BCUT2D eigenvalue weighted by molar-refractivity contribution is -0.0546. The Morgan fingerprint density at radius 1 is 0.639 bits per heavy atom. The highest BCUT2D eigenvalue weighted by Gasteiger charge is 2.21. The van der Waals surface area contributed by atoms with Crippen molar-refractivity contribution in [2.24, 2.45) is 0 Å². The van der Waals surface area contributed by atoms with E-state index in [4.69, 9.17) is 0 Å². The molecule has 0 atom stereocenters. The quantitative estimate of drug-likeness (QED) is 0.164. The molecule has 4 aromatic rings. The summed E-state index contributed by atoms with van der Waals surface area (Å²) in [5, 5.41) is 1.93. The van der Waals surface area contributed by atoms with Crippen LogP contribution in [0.2, 0.25) is 0 Å². The fourth-order valence-corrected chi connectivity index (χ4v) is 4.31. The summed E-state index contributed by atoms with van der Waals surface area (Å²) in [6.07, 6.45) is 5.70. The first-order valence-corrected chi connectivity index (χ1v) is 11.7. The molecule has 0 saturated heterocycles. The number of fused-ring (bicyclic) bond motifs is 1. The first kappa shape index (κ1) is 25.6. The molecule has 36 heavy (non-hydrogen) atoms. The van der Waals surface area contributed by atoms with Crippen LogP contribution >= 0.6 is 0 Å². The van der Waals surface area contributed by atoms with Crippen molar-refractivity contribution < 1.29 is 31.1 Å². The molecule has 0 N–H and O–H groups in total. The van der Waals surface area contributed by atoms with Crippen LogP contribution in [0.15, 0.2) is 60.7 Å². The van der Waals surface area contributed by atoms with E-state index in [1.807, 2.05) is 24.3 Å². The summed E-state index contributed by atoms with van der Waals surface area (Å²) in [7, 11) is 0. The summed E-state index contributed by atoms with van der Waals surface area (Å²) in [6.45, 7) is -1.28. The molecule has 0 aromatic heterocycles. The van der Waals surface area contributed by atoms with Gasteiger partial charge in [-0.1, -0.05) is 56.5 Å². The number of ether oxygens (including phenoxy) is 1. The zero-order valence-corrected chi connectivity index (χ0v) is 19.6. The van der Waals surface area contributed by atoms with Crippen molar-refractivity contribution in [3.05, 3.63) is 89.5 Å². The van der Waals surface area contributed by atoms with Crippen LogP contribution in [0.1, 0.15) is 38.2 Å². The van der Waals surface area contributed by atoms with Crippen molar-refractivity contribution >= 4 is 10.8 Å². The maximum Gasteiger partial charge on any atom is 0.387 e. The minimum Gasteiger partial charge on any atom is -0.429 e. The van der Waals surface area contributed by atoms with Crippen molar-refractivity contribution in [2.75, 3.05) is 0 Å². The van der Waals surface area contributed by atoms with Gasteiger partial charge in [0.25, 0.3) is 0 Å². The van der Waals surface area contributed by atoms with E-state index in [-0.39, 0.29) is 5.56 Å². The van der Waals surface area contributed by atoms with E-state index in [0.717, 1.165) is 35.7 Å². The summed E-state index contributed by atoms with van der Waals surface area (Å²) in [5.41, 5.74) is 0.905. The molecule has 7 heteroatoms. The first-order chi connectivity index (χ1) is 17.3. The molecule has 0 unspecified atom stereocenters. The molecule has 0 bridgehead atoms. The van der Waals surface area contributed by atoms with Gasteiger partial charge >= 0.3 is 6.61 Å². The van der Waals surface area contributed by atoms with Gasteiger partial charge in [-0.2, -0.15) is 8.78 Å². The highest BCUT2D eigenvalue weighted by atomic mass is 19.3. The molecular formula is C29H24F6O. The summed E-state index contributed by atoms with van der Waals surface area (Å²) < 4.78 is 86.6. The van der Waals surface area contributed by atoms with Crippen LogP contribution in [0.4, 0.5) is 26.3 Å². The van der Waals surface area contributed by atoms with Gasteiger partial charge in [-0.25, -0.2) is 17.6 Å². The smallest absolute Gasteiger partial charge is 0.387 e. The molecule has 0 fully saturated rings. The van der Waals surface area contributed by atoms with Crippen LogP contribution in [-0.4, -0.2) is 6.61 Å². The zero-order valence-electron chi connectivity index (χ0n) is 19.6. The van der Waals surface area contributed by atoms with Gasteiger partial charge in [-0.15, -0.1) is 0 Å². The minimum atomic E-state index is -3.45. The Morgan fingerprint density at radius 3 is 1.89 bits per heavy atom. The molecule has 0 radical (unpaired) electrons. The fourth-order valence-electron chi connectivity index (χ4n) is 4.31. The molecule has 188 valence electrons. The van der Waals surface area contributed by atoms with E-state index >= 15 is 0 Å². The predicted octanol–water partition coefficient (Wildman–Crippen LogP) is 9.45. The average Bonchev–Trinajstić information content (AvgIpc) is 2.83. The average molecular weight is 502 g/mol. The predicted molar refractivity (Wildman–Crippen MR) is 129 cm³/mol. The number of hydrogen-bond donors (Lipinski definition) is 0. The topological polar surface area (TPSA) is 9.23 Å². The SMILES string of the molecule is CCCCCCc1ccc2cc(-c3cc(F)c(-c4cc(F)c(OC(F)F)c(F)c4)c(F)c3)ccc2c1. The lowest BCUT2D eigenvalue weighted by Gasteiger charge is -2.12. The lowest BCUT2D eigenvalue weighted by atomic mass is 9.96. The van der Waals surface area contributed by atoms with Crippen molar-refractivity contribution in [3.8, 4) is 28.0 Å². The van der Waals surface area contributed by atoms with Crippen LogP contribution in [-0.2, 0) is 6.42 Å². The summed E-state index contributed by atoms with van der Waals surface area (Å²) in [5.74, 6) is -6.39. The van der Waals surface area contributed by atoms with Crippen molar-refractivity contribution in [1.29, 1.82) is 0 Å². The highest BCUT2D eigenvalue weighted by Crippen LogP contribution is 2.35. The van der Waals surface area contributed by atoms with Gasteiger partial charge in [0.15, 0.2) is 17.4 Å². The molecule has 0 heterocycles. The molecule has 0 saturated carbocycles. The van der Waals surface area contributed by atoms with Gasteiger partial charge in [0.1, 0.15) is 11.6 Å². The van der Waals surface area contributed by atoms with E-state index < -0.39 is 46.8 Å². The normalized spacial score (nSPS) is 11.4. The molecule has 0 aliphatic carbocycles. The van der Waals surface area contributed by atoms with Crippen LogP contribution in [0.25, 0.3) is 33.0 Å². The Morgan fingerprint density at radius 2 is 1.25 bits per heavy atom. The van der Waals surface area contributed by atoms with Gasteiger partial charge in [0.2, 0.25) is 0 Å². The van der Waals surface area contributed by atoms with Crippen LogP contribution in [0, 0.1) is 23.3 Å². The maximum absolute atomic E-state index is 15.0. The van der Waals surface area contributed by atoms with Crippen molar-refractivity contribution in [2.45, 2.75) is 45.6 Å². The summed E-state index contributed by atoms with van der Waals surface area (Å²) in [6, 6.07) is 14.8. The highest BCUT2D eigenvalue weighted by molar-refractivity contribution is 5.88. The molecule has 0 amide bonds. The summed E-state index contributed by atoms with van der Waals surface area (Å²) in [4.78, 5) is 0. The Labute approximate surface area is 205 Å². The molecule has 0 aliphatic rings. The van der Waals surface area contributed by atoms with Gasteiger partial charge in [0, 0.05) is 0 Å². The van der Waals surface area contributed by atoms with Gasteiger partial charge < -0.3 is 4.74 Å². The molecule has 4 aromatic carbocycles. The second-order valence-electron chi connectivity index (χ2n) is 8.67. The Bertz CT molecular complexity index is 1340. The van der Waals surface area contributed by atoms with Crippen molar-refractivity contribution in [1.82, 2.24) is 0 Å². The van der Waals surface area contributed by atoms with Gasteiger partial charge in [-0.3, -0.25) is 0 Å². The second-order valence-corrected chi connectivity index (χ2v) is 8.67. The Kier molecular flexibility index (Phi) is 7.87. The Hall–Kier alpha value is -3.48. The monoisotopic (exact) mass is 502 g/mol. The molecular weight excluding hydrogens is 478 g/mol. The van der Waals surface area contributed by atoms with E-state index in [9.17, 15) is 26.3 Å². The molecule has 0 spiro atoms. The van der Waals surface area contributed by atoms with E-state index in [1.165, 1.54) is 24.8 Å². The molecule has 4 rings (SSSR count). The number of halogens is 6. The number of benzene rings is 4. The number of rotatable bonds is 9. The first-order valence-electron chi connectivity index (χ1n) is 11.7. The Balaban J connectivity index is 1.62. The van der Waals surface area contributed by atoms with Crippen LogP contribution < -0.4 is 4.74 Å². The summed E-state index contributed by atoms with van der Waals surface area (Å²) >= 11 is 0. The standard InChI is InChI=1S/C29H24F6O/c1-2-3-4-5-6-17-7-8-19-12-20(10-9-18(19)11-17)21-13-23(30)27(24(31)14-21)22-15-25(32)28(26(33)16-22)36-29(34)35/h7-16,29H,2-6H2,1H3. The zero-order chi connectivity index (χ0) is 25.8. The third kappa shape index (κ3) is 5.66. The number of aryl methyl sites for hydroxylation is 1. The largest absolute Gasteiger partial charge is 0.429 e. The number of unbranched alkanes of at least 4 members (excludes halogenated alkanes) is 3. The van der Waals surface area contributed by atoms with Gasteiger partial charge in [0.05, 0.1) is 5.56 Å². The van der Waals surface area contributed by atoms with Crippen molar-refractivity contribution in [3.63, 3.8) is 0 Å². The maximum atomic E-state index is 15.0. The molecule has 1 nitrogen and oxygen atoms in total. The third-order valence-corrected chi connectivity index (χ3v) is 6.09. The van der Waals surface area contributed by atoms with E-state index in [2.05, 4.69) is 17.7 Å². The number of alkyl halides is 2. The number of hydrogen-bond acceptors (Lipinski definition) is 1. The van der Waals surface area contributed by atoms with Crippen LogP contribution in [0.5, 0.6) is 5.75 Å². The lowest BCUT2D eigenvalue weighted by Crippen LogP contribution is -2.06. The third-order valence-electron chi connectivity index (χ3n) is 6.09. The van der Waals surface area contributed by atoms with Gasteiger partial charge in [-0.05, 0) is 76.2 Å². The fraction of sp³-hybridized carbons (Fsp3) is 0.241. The molecule has 0 aliphatic heterocycles. The second kappa shape index (κ2) is 11.1.